The number of nitrogens with zero attached hydrogens (tertiary/aromatic N) is 5. The third-order valence-corrected chi connectivity index (χ3v) is 8.29. The van der Waals surface area contributed by atoms with Gasteiger partial charge in [-0.05, 0) is 70.5 Å². The Hall–Kier alpha value is -4.37. The number of hydrogen-bond donors (Lipinski definition) is 2. The highest BCUT2D eigenvalue weighted by molar-refractivity contribution is 6.31. The average Bonchev–Trinajstić information content (AvgIpc) is 3.65. The summed E-state index contributed by atoms with van der Waals surface area (Å²) >= 11 is 6.28. The molecule has 0 saturated carbocycles. The molecule has 0 aliphatic carbocycles. The van der Waals surface area contributed by atoms with Crippen LogP contribution in [0.1, 0.15) is 64.3 Å². The van der Waals surface area contributed by atoms with Crippen molar-refractivity contribution in [3.8, 4) is 22.5 Å². The van der Waals surface area contributed by atoms with Gasteiger partial charge in [0.15, 0.2) is 0 Å². The largest absolute Gasteiger partial charge is 0.326 e. The van der Waals surface area contributed by atoms with Crippen LogP contribution in [0.25, 0.3) is 33.5 Å². The van der Waals surface area contributed by atoms with E-state index in [1.807, 2.05) is 50.2 Å². The monoisotopic (exact) mass is 597 g/mol. The van der Waals surface area contributed by atoms with E-state index in [0.717, 1.165) is 76.8 Å². The number of aromatic nitrogens is 6. The molecule has 10 heteroatoms. The summed E-state index contributed by atoms with van der Waals surface area (Å²) in [6.45, 7) is 6.80. The number of H-pyrrole nitrogens is 1. The minimum absolute atomic E-state index is 0.0965. The Morgan fingerprint density at radius 2 is 1.88 bits per heavy atom. The number of rotatable bonds is 13. The van der Waals surface area contributed by atoms with Crippen LogP contribution in [0, 0.1) is 5.41 Å². The lowest BCUT2D eigenvalue weighted by Gasteiger charge is -2.24. The summed E-state index contributed by atoms with van der Waals surface area (Å²) < 4.78 is 2.24. The van der Waals surface area contributed by atoms with Gasteiger partial charge in [-0.1, -0.05) is 69.1 Å². The predicted molar refractivity (Wildman–Crippen MR) is 170 cm³/mol. The van der Waals surface area contributed by atoms with Crippen LogP contribution in [-0.2, 0) is 22.6 Å². The van der Waals surface area contributed by atoms with Crippen LogP contribution in [0.2, 0.25) is 5.02 Å². The molecule has 222 valence electrons. The highest BCUT2D eigenvalue weighted by Gasteiger charge is 2.25. The van der Waals surface area contributed by atoms with E-state index in [-0.39, 0.29) is 17.7 Å². The fraction of sp³-hybridized carbons (Fsp3) is 0.333. The number of fused-ring (bicyclic) bond motifs is 1. The summed E-state index contributed by atoms with van der Waals surface area (Å²) in [5.41, 5.74) is 6.13. The summed E-state index contributed by atoms with van der Waals surface area (Å²) in [5, 5.41) is 18.1. The van der Waals surface area contributed by atoms with Crippen LogP contribution in [0.15, 0.2) is 60.7 Å². The zero-order valence-electron chi connectivity index (χ0n) is 24.7. The molecular formula is C33H36ClN7O2. The Balaban J connectivity index is 1.42. The van der Waals surface area contributed by atoms with E-state index >= 15 is 0 Å². The minimum atomic E-state index is -0.352. The quantitative estimate of drug-likeness (QED) is 0.138. The van der Waals surface area contributed by atoms with Crippen molar-refractivity contribution in [2.24, 2.45) is 5.41 Å². The Bertz CT molecular complexity index is 1710. The van der Waals surface area contributed by atoms with Crippen molar-refractivity contribution in [2.75, 3.05) is 5.32 Å². The third kappa shape index (κ3) is 7.00. The molecule has 2 heterocycles. The van der Waals surface area contributed by atoms with E-state index < -0.39 is 0 Å². The minimum Gasteiger partial charge on any atom is -0.326 e. The number of carbonyl (C=O) groups is 2. The van der Waals surface area contributed by atoms with Gasteiger partial charge in [0, 0.05) is 42.1 Å². The van der Waals surface area contributed by atoms with Crippen molar-refractivity contribution in [3.05, 3.63) is 77.1 Å². The first kappa shape index (κ1) is 30.1. The van der Waals surface area contributed by atoms with Crippen molar-refractivity contribution in [3.63, 3.8) is 0 Å². The summed E-state index contributed by atoms with van der Waals surface area (Å²) in [5.74, 6) is 1.41. The number of nitrogens with one attached hydrogen (secondary N) is 2. The first-order valence-corrected chi connectivity index (χ1v) is 15.1. The van der Waals surface area contributed by atoms with Crippen LogP contribution in [-0.4, -0.2) is 42.4 Å². The van der Waals surface area contributed by atoms with Crippen molar-refractivity contribution < 1.29 is 9.59 Å². The Morgan fingerprint density at radius 1 is 1.07 bits per heavy atom. The molecule has 1 atom stereocenters. The molecule has 0 saturated heterocycles. The van der Waals surface area contributed by atoms with Crippen LogP contribution in [0.3, 0.4) is 0 Å². The number of hydrogen-bond acceptors (Lipinski definition) is 6. The lowest BCUT2D eigenvalue weighted by atomic mass is 9.81. The van der Waals surface area contributed by atoms with Gasteiger partial charge in [-0.25, -0.2) is 4.98 Å². The number of imidazole rings is 1. The van der Waals surface area contributed by atoms with Gasteiger partial charge in [0.1, 0.15) is 12.1 Å². The summed E-state index contributed by atoms with van der Waals surface area (Å²) in [7, 11) is 0. The molecular weight excluding hydrogens is 562 g/mol. The number of tetrazole rings is 1. The van der Waals surface area contributed by atoms with Gasteiger partial charge in [-0.2, -0.15) is 5.21 Å². The smallest absolute Gasteiger partial charge is 0.224 e. The third-order valence-electron chi connectivity index (χ3n) is 8.06. The number of anilines is 1. The SMILES string of the molecule is CCCCc1nc2ccc(NC(=O)CC(C)(CC)CC=O)cc2n1Cc1ccc(-c2ccc(Cl)cc2-c2nn[nH]n2)cc1. The molecule has 0 radical (unpaired) electrons. The molecule has 1 unspecified atom stereocenters. The van der Waals surface area contributed by atoms with Crippen LogP contribution in [0.5, 0.6) is 0 Å². The van der Waals surface area contributed by atoms with Gasteiger partial charge in [-0.15, -0.1) is 10.2 Å². The van der Waals surface area contributed by atoms with Gasteiger partial charge in [-0.3, -0.25) is 4.79 Å². The lowest BCUT2D eigenvalue weighted by molar-refractivity contribution is -0.119. The highest BCUT2D eigenvalue weighted by Crippen LogP contribution is 2.33. The number of aromatic amines is 1. The molecule has 2 aromatic heterocycles. The van der Waals surface area contributed by atoms with E-state index in [0.29, 0.717) is 23.8 Å². The van der Waals surface area contributed by atoms with E-state index in [1.165, 1.54) is 0 Å². The maximum atomic E-state index is 12.9. The first-order valence-electron chi connectivity index (χ1n) is 14.7. The van der Waals surface area contributed by atoms with Gasteiger partial charge < -0.3 is 14.7 Å². The standard InChI is InChI=1S/C33H36ClN7O2/c1-4-6-7-30-36-28-15-13-25(35-31(43)20-33(3,5-2)16-17-42)19-29(28)41(30)21-22-8-10-23(11-9-22)26-14-12-24(34)18-27(26)32-37-39-40-38-32/h8-15,17-19H,4-7,16,20-21H2,1-3H3,(H,35,43)(H,37,38,39,40). The molecule has 5 rings (SSSR count). The van der Waals surface area contributed by atoms with E-state index in [4.69, 9.17) is 16.6 Å². The van der Waals surface area contributed by atoms with Crippen LogP contribution in [0.4, 0.5) is 5.69 Å². The summed E-state index contributed by atoms with van der Waals surface area (Å²) in [6.07, 6.45) is 5.27. The van der Waals surface area contributed by atoms with Crippen LogP contribution < -0.4 is 5.32 Å². The summed E-state index contributed by atoms with van der Waals surface area (Å²) in [4.78, 5) is 29.0. The zero-order valence-corrected chi connectivity index (χ0v) is 25.5. The average molecular weight is 598 g/mol. The Morgan fingerprint density at radius 3 is 2.58 bits per heavy atom. The molecule has 1 amide bonds. The lowest BCUT2D eigenvalue weighted by Crippen LogP contribution is -2.24. The van der Waals surface area contributed by atoms with Crippen molar-refractivity contribution >= 4 is 40.5 Å². The number of benzene rings is 3. The maximum Gasteiger partial charge on any atom is 0.224 e. The van der Waals surface area contributed by atoms with E-state index in [9.17, 15) is 9.59 Å². The van der Waals surface area contributed by atoms with Crippen molar-refractivity contribution in [1.29, 1.82) is 0 Å². The molecule has 0 spiro atoms. The molecule has 9 nitrogen and oxygen atoms in total. The molecule has 43 heavy (non-hydrogen) atoms. The molecule has 3 aromatic carbocycles. The zero-order chi connectivity index (χ0) is 30.4. The molecule has 0 aliphatic heterocycles. The highest BCUT2D eigenvalue weighted by atomic mass is 35.5. The summed E-state index contributed by atoms with van der Waals surface area (Å²) in [6, 6.07) is 19.9. The number of unbranched alkanes of at least 4 members (excludes halogenated alkanes) is 1. The van der Waals surface area contributed by atoms with Crippen LogP contribution >= 0.6 is 11.6 Å². The molecule has 0 fully saturated rings. The fourth-order valence-electron chi connectivity index (χ4n) is 5.29. The number of aryl methyl sites for hydroxylation is 1. The molecule has 2 N–H and O–H groups in total. The predicted octanol–water partition coefficient (Wildman–Crippen LogP) is 7.26. The maximum absolute atomic E-state index is 12.9. The first-order chi connectivity index (χ1) is 20.8. The van der Waals surface area contributed by atoms with Gasteiger partial charge in [0.05, 0.1) is 11.0 Å². The van der Waals surface area contributed by atoms with E-state index in [2.05, 4.69) is 61.7 Å². The molecule has 5 aromatic rings. The second-order valence-electron chi connectivity index (χ2n) is 11.3. The van der Waals surface area contributed by atoms with Crippen molar-refractivity contribution in [2.45, 2.75) is 65.8 Å². The second kappa shape index (κ2) is 13.3. The normalized spacial score (nSPS) is 12.7. The van der Waals surface area contributed by atoms with E-state index in [1.54, 1.807) is 0 Å². The Kier molecular flexibility index (Phi) is 9.31. The number of halogens is 1. The number of aldehydes is 1. The Labute approximate surface area is 256 Å². The van der Waals surface area contributed by atoms with Gasteiger partial charge >= 0.3 is 0 Å². The van der Waals surface area contributed by atoms with Crippen molar-refractivity contribution in [1.82, 2.24) is 30.2 Å². The number of amides is 1. The van der Waals surface area contributed by atoms with Gasteiger partial charge in [0.2, 0.25) is 11.7 Å². The fourth-order valence-corrected chi connectivity index (χ4v) is 5.46. The topological polar surface area (TPSA) is 118 Å². The number of carbonyl (C=O) groups excluding carboxylic acids is 2. The van der Waals surface area contributed by atoms with Gasteiger partial charge in [0.25, 0.3) is 0 Å². The molecule has 0 bridgehead atoms. The molecule has 0 aliphatic rings. The second-order valence-corrected chi connectivity index (χ2v) is 11.7.